The fourth-order valence-corrected chi connectivity index (χ4v) is 3.47. The van der Waals surface area contributed by atoms with Crippen LogP contribution in [0.15, 0.2) is 40.1 Å². The van der Waals surface area contributed by atoms with Gasteiger partial charge in [-0.3, -0.25) is 0 Å². The van der Waals surface area contributed by atoms with Gasteiger partial charge in [-0.15, -0.1) is 23.5 Å². The van der Waals surface area contributed by atoms with E-state index in [0.717, 1.165) is 16.0 Å². The highest BCUT2D eigenvalue weighted by molar-refractivity contribution is 7.99. The number of hydrogen-bond donors (Lipinski definition) is 0. The van der Waals surface area contributed by atoms with Crippen LogP contribution in [0.3, 0.4) is 0 Å². The monoisotopic (exact) mass is 292 g/mol. The van der Waals surface area contributed by atoms with Gasteiger partial charge in [-0.25, -0.2) is 4.39 Å². The first kappa shape index (κ1) is 14.5. The third-order valence-electron chi connectivity index (χ3n) is 3.19. The second-order valence-electron chi connectivity index (χ2n) is 4.48. The Bertz CT molecular complexity index is 606. The molecule has 3 heteroatoms. The average molecular weight is 292 g/mol. The topological polar surface area (TPSA) is 0 Å². The molecule has 0 amide bonds. The summed E-state index contributed by atoms with van der Waals surface area (Å²) in [5, 5.41) is 0. The van der Waals surface area contributed by atoms with Gasteiger partial charge in [0.2, 0.25) is 0 Å². The summed E-state index contributed by atoms with van der Waals surface area (Å²) in [5.74, 6) is -0.163. The number of benzene rings is 2. The van der Waals surface area contributed by atoms with Gasteiger partial charge in [0.05, 0.1) is 0 Å². The molecule has 0 aliphatic carbocycles. The van der Waals surface area contributed by atoms with Gasteiger partial charge in [-0.2, -0.15) is 0 Å². The van der Waals surface area contributed by atoms with E-state index in [-0.39, 0.29) is 5.82 Å². The lowest BCUT2D eigenvalue weighted by Gasteiger charge is -2.15. The fraction of sp³-hybridized carbons (Fsp3) is 0.250. The van der Waals surface area contributed by atoms with E-state index in [1.54, 1.807) is 35.7 Å². The van der Waals surface area contributed by atoms with E-state index < -0.39 is 0 Å². The molecule has 0 bridgehead atoms. The largest absolute Gasteiger partial charge is 0.207 e. The molecule has 0 saturated heterocycles. The lowest BCUT2D eigenvalue weighted by Crippen LogP contribution is -1.92. The van der Waals surface area contributed by atoms with Gasteiger partial charge in [0.1, 0.15) is 5.82 Å². The zero-order chi connectivity index (χ0) is 14.0. The second-order valence-corrected chi connectivity index (χ2v) is 6.21. The minimum atomic E-state index is -0.163. The molecular weight excluding hydrogens is 275 g/mol. The van der Waals surface area contributed by atoms with Crippen molar-refractivity contribution in [3.63, 3.8) is 0 Å². The first-order valence-corrected chi connectivity index (χ1v) is 8.51. The molecule has 0 N–H and O–H groups in total. The third kappa shape index (κ3) is 2.98. The highest BCUT2D eigenvalue weighted by Gasteiger charge is 2.12. The Morgan fingerprint density at radius 2 is 1.63 bits per heavy atom. The molecule has 0 spiro atoms. The van der Waals surface area contributed by atoms with Crippen molar-refractivity contribution in [2.45, 2.75) is 23.6 Å². The summed E-state index contributed by atoms with van der Waals surface area (Å²) in [6.45, 7) is 4.09. The Hall–Kier alpha value is -0.930. The molecule has 0 nitrogen and oxygen atoms in total. The Morgan fingerprint density at radius 1 is 0.895 bits per heavy atom. The maximum Gasteiger partial charge on any atom is 0.124 e. The van der Waals surface area contributed by atoms with E-state index in [0.29, 0.717) is 0 Å². The number of thioether (sulfide) groups is 2. The first-order chi connectivity index (χ1) is 9.06. The molecule has 0 saturated carbocycles. The maximum absolute atomic E-state index is 13.5. The van der Waals surface area contributed by atoms with Crippen LogP contribution < -0.4 is 0 Å². The Morgan fingerprint density at radius 3 is 2.21 bits per heavy atom. The van der Waals surface area contributed by atoms with Crippen molar-refractivity contribution in [1.29, 1.82) is 0 Å². The molecule has 2 rings (SSSR count). The zero-order valence-electron chi connectivity index (χ0n) is 11.6. The molecule has 100 valence electrons. The van der Waals surface area contributed by atoms with Crippen LogP contribution in [-0.2, 0) is 0 Å². The van der Waals surface area contributed by atoms with Crippen LogP contribution in [0.5, 0.6) is 0 Å². The van der Waals surface area contributed by atoms with Gasteiger partial charge in [0.15, 0.2) is 0 Å². The van der Waals surface area contributed by atoms with E-state index in [4.69, 9.17) is 0 Å². The predicted molar refractivity (Wildman–Crippen MR) is 84.9 cm³/mol. The molecule has 0 fully saturated rings. The summed E-state index contributed by atoms with van der Waals surface area (Å²) < 4.78 is 13.5. The number of hydrogen-bond acceptors (Lipinski definition) is 2. The van der Waals surface area contributed by atoms with E-state index in [1.165, 1.54) is 16.0 Å². The summed E-state index contributed by atoms with van der Waals surface area (Å²) in [4.78, 5) is 2.25. The van der Waals surface area contributed by atoms with Crippen LogP contribution in [0.25, 0.3) is 11.1 Å². The average Bonchev–Trinajstić information content (AvgIpc) is 2.38. The molecule has 0 atom stereocenters. The summed E-state index contributed by atoms with van der Waals surface area (Å²) in [6.07, 6.45) is 4.06. The molecule has 0 aromatic heterocycles. The minimum Gasteiger partial charge on any atom is -0.207 e. The number of aryl methyl sites for hydroxylation is 2. The van der Waals surface area contributed by atoms with Gasteiger partial charge < -0.3 is 0 Å². The van der Waals surface area contributed by atoms with E-state index in [2.05, 4.69) is 31.4 Å². The quantitative estimate of drug-likeness (QED) is 0.680. The van der Waals surface area contributed by atoms with Gasteiger partial charge in [0.25, 0.3) is 0 Å². The SMILES string of the molecule is CSc1ccc(-c2c(C)cc(F)cc2SC)c(C)c1. The van der Waals surface area contributed by atoms with Crippen molar-refractivity contribution < 1.29 is 4.39 Å². The summed E-state index contributed by atoms with van der Waals surface area (Å²) in [5.41, 5.74) is 4.57. The van der Waals surface area contributed by atoms with Gasteiger partial charge >= 0.3 is 0 Å². The summed E-state index contributed by atoms with van der Waals surface area (Å²) >= 11 is 3.33. The van der Waals surface area contributed by atoms with E-state index >= 15 is 0 Å². The molecule has 0 heterocycles. The fourth-order valence-electron chi connectivity index (χ4n) is 2.26. The van der Waals surface area contributed by atoms with Gasteiger partial charge in [-0.05, 0) is 72.9 Å². The number of rotatable bonds is 3. The lowest BCUT2D eigenvalue weighted by molar-refractivity contribution is 0.623. The van der Waals surface area contributed by atoms with Crippen molar-refractivity contribution >= 4 is 23.5 Å². The van der Waals surface area contributed by atoms with Crippen molar-refractivity contribution in [3.8, 4) is 11.1 Å². The van der Waals surface area contributed by atoms with Crippen LogP contribution in [0.1, 0.15) is 11.1 Å². The molecular formula is C16H17FS2. The van der Waals surface area contributed by atoms with Gasteiger partial charge in [0, 0.05) is 9.79 Å². The van der Waals surface area contributed by atoms with Crippen molar-refractivity contribution in [2.24, 2.45) is 0 Å². The smallest absolute Gasteiger partial charge is 0.124 e. The number of halogens is 1. The molecule has 0 radical (unpaired) electrons. The van der Waals surface area contributed by atoms with Crippen LogP contribution in [0.2, 0.25) is 0 Å². The lowest BCUT2D eigenvalue weighted by atomic mass is 9.96. The normalized spacial score (nSPS) is 10.8. The molecule has 19 heavy (non-hydrogen) atoms. The Kier molecular flexibility index (Phi) is 4.58. The molecule has 0 unspecified atom stereocenters. The maximum atomic E-state index is 13.5. The van der Waals surface area contributed by atoms with Crippen LogP contribution in [0.4, 0.5) is 4.39 Å². The molecule has 0 aliphatic heterocycles. The van der Waals surface area contributed by atoms with Crippen LogP contribution in [0, 0.1) is 19.7 Å². The van der Waals surface area contributed by atoms with Gasteiger partial charge in [-0.1, -0.05) is 6.07 Å². The third-order valence-corrected chi connectivity index (χ3v) is 4.67. The second kappa shape index (κ2) is 6.02. The van der Waals surface area contributed by atoms with Crippen molar-refractivity contribution in [2.75, 3.05) is 12.5 Å². The minimum absolute atomic E-state index is 0.163. The molecule has 2 aromatic rings. The van der Waals surface area contributed by atoms with Crippen molar-refractivity contribution in [1.82, 2.24) is 0 Å². The Labute approximate surface area is 122 Å². The highest BCUT2D eigenvalue weighted by Crippen LogP contribution is 2.36. The molecule has 2 aromatic carbocycles. The predicted octanol–water partition coefficient (Wildman–Crippen LogP) is 5.55. The Balaban J connectivity index is 2.64. The van der Waals surface area contributed by atoms with E-state index in [1.807, 2.05) is 13.2 Å². The van der Waals surface area contributed by atoms with Crippen LogP contribution >= 0.6 is 23.5 Å². The first-order valence-electron chi connectivity index (χ1n) is 6.06. The summed E-state index contributed by atoms with van der Waals surface area (Å²) in [7, 11) is 0. The summed E-state index contributed by atoms with van der Waals surface area (Å²) in [6, 6.07) is 9.68. The van der Waals surface area contributed by atoms with Crippen LogP contribution in [-0.4, -0.2) is 12.5 Å². The standard InChI is InChI=1S/C16H17FS2/c1-10-8-13(18-3)5-6-14(10)16-11(2)7-12(17)9-15(16)19-4/h5-9H,1-4H3. The highest BCUT2D eigenvalue weighted by atomic mass is 32.2. The zero-order valence-corrected chi connectivity index (χ0v) is 13.2. The molecule has 0 aliphatic rings. The van der Waals surface area contributed by atoms with Crippen molar-refractivity contribution in [3.05, 3.63) is 47.3 Å². The van der Waals surface area contributed by atoms with E-state index in [9.17, 15) is 4.39 Å².